The van der Waals surface area contributed by atoms with E-state index in [-0.39, 0.29) is 6.42 Å². The number of hydrogen-bond donors (Lipinski definition) is 2. The molecule has 0 spiro atoms. The van der Waals surface area contributed by atoms with Crippen LogP contribution in [0.15, 0.2) is 47.6 Å². The Labute approximate surface area is 157 Å². The smallest absolute Gasteiger partial charge is 0.308 e. The zero-order valence-electron chi connectivity index (χ0n) is 15.6. The largest absolute Gasteiger partial charge is 0.481 e. The number of aryl methyl sites for hydroxylation is 3. The Kier molecular flexibility index (Phi) is 4.99. The van der Waals surface area contributed by atoms with Crippen LogP contribution >= 0.6 is 0 Å². The summed E-state index contributed by atoms with van der Waals surface area (Å²) in [4.78, 5) is 29.9. The van der Waals surface area contributed by atoms with Crippen LogP contribution in [0.1, 0.15) is 35.1 Å². The normalized spacial score (nSPS) is 18.6. The molecule has 140 valence electrons. The van der Waals surface area contributed by atoms with E-state index in [2.05, 4.69) is 10.5 Å². The molecule has 1 aliphatic heterocycles. The van der Waals surface area contributed by atoms with Crippen LogP contribution in [0.2, 0.25) is 0 Å². The molecule has 0 aliphatic carbocycles. The average Bonchev–Trinajstić information content (AvgIpc) is 3.03. The number of carboxylic acids is 1. The fourth-order valence-corrected chi connectivity index (χ4v) is 3.16. The number of benzene rings is 2. The number of carbonyl (C=O) groups excluding carboxylic acids is 1. The second-order valence-electron chi connectivity index (χ2n) is 6.96. The summed E-state index contributed by atoms with van der Waals surface area (Å²) in [5.74, 6) is -1.62. The number of aliphatic carboxylic acids is 1. The van der Waals surface area contributed by atoms with E-state index in [1.54, 1.807) is 0 Å². The van der Waals surface area contributed by atoms with Crippen molar-refractivity contribution in [3.05, 3.63) is 64.7 Å². The van der Waals surface area contributed by atoms with E-state index >= 15 is 0 Å². The highest BCUT2D eigenvalue weighted by Crippen LogP contribution is 2.33. The molecule has 0 saturated heterocycles. The van der Waals surface area contributed by atoms with Crippen molar-refractivity contribution < 1.29 is 19.5 Å². The first-order valence-corrected chi connectivity index (χ1v) is 8.72. The molecule has 0 aromatic heterocycles. The van der Waals surface area contributed by atoms with Crippen molar-refractivity contribution >= 4 is 23.3 Å². The summed E-state index contributed by atoms with van der Waals surface area (Å²) in [6.45, 7) is 5.75. The van der Waals surface area contributed by atoms with Gasteiger partial charge in [-0.05, 0) is 37.5 Å². The Hall–Kier alpha value is -3.15. The maximum atomic E-state index is 13.0. The summed E-state index contributed by atoms with van der Waals surface area (Å²) in [6, 6.07) is 13.3. The third kappa shape index (κ3) is 3.84. The third-order valence-electron chi connectivity index (χ3n) is 4.74. The van der Waals surface area contributed by atoms with Crippen molar-refractivity contribution in [2.75, 3.05) is 5.32 Å². The van der Waals surface area contributed by atoms with Crippen molar-refractivity contribution in [3.63, 3.8) is 0 Å². The van der Waals surface area contributed by atoms with Gasteiger partial charge < -0.3 is 15.3 Å². The number of nitrogens with one attached hydrogen (secondary N) is 1. The summed E-state index contributed by atoms with van der Waals surface area (Å²) in [5.41, 5.74) is 3.36. The summed E-state index contributed by atoms with van der Waals surface area (Å²) >= 11 is 0. The van der Waals surface area contributed by atoms with Gasteiger partial charge in [-0.1, -0.05) is 53.2 Å². The van der Waals surface area contributed by atoms with Crippen LogP contribution in [0.25, 0.3) is 0 Å². The number of para-hydroxylation sites is 1. The Morgan fingerprint density at radius 1 is 1.11 bits per heavy atom. The van der Waals surface area contributed by atoms with E-state index in [1.165, 1.54) is 0 Å². The Bertz CT molecular complexity index is 898. The van der Waals surface area contributed by atoms with E-state index in [1.807, 2.05) is 63.2 Å². The molecule has 3 rings (SSSR count). The zero-order chi connectivity index (χ0) is 19.6. The van der Waals surface area contributed by atoms with E-state index < -0.39 is 23.9 Å². The molecule has 6 heteroatoms. The van der Waals surface area contributed by atoms with Gasteiger partial charge in [0.1, 0.15) is 0 Å². The number of anilines is 1. The summed E-state index contributed by atoms with van der Waals surface area (Å²) in [6.07, 6.45) is -0.373. The lowest BCUT2D eigenvalue weighted by molar-refractivity contribution is -0.152. The van der Waals surface area contributed by atoms with Crippen molar-refractivity contribution in [3.8, 4) is 0 Å². The quantitative estimate of drug-likeness (QED) is 0.846. The van der Waals surface area contributed by atoms with Crippen LogP contribution in [-0.4, -0.2) is 28.3 Å². The number of oxime groups is 1. The number of carbonyl (C=O) groups is 2. The van der Waals surface area contributed by atoms with Crippen molar-refractivity contribution in [2.24, 2.45) is 5.16 Å². The lowest BCUT2D eigenvalue weighted by Gasteiger charge is -2.24. The number of nitrogens with zero attached hydrogens (tertiary/aromatic N) is 1. The molecule has 0 unspecified atom stereocenters. The molecule has 1 aliphatic rings. The molecule has 1 heterocycles. The molecule has 0 bridgehead atoms. The van der Waals surface area contributed by atoms with E-state index in [0.717, 1.165) is 22.3 Å². The zero-order valence-corrected chi connectivity index (χ0v) is 15.6. The third-order valence-corrected chi connectivity index (χ3v) is 4.74. The number of amides is 1. The summed E-state index contributed by atoms with van der Waals surface area (Å²) in [5, 5.41) is 16.2. The van der Waals surface area contributed by atoms with Crippen LogP contribution in [0.5, 0.6) is 0 Å². The van der Waals surface area contributed by atoms with Gasteiger partial charge >= 0.3 is 5.97 Å². The highest BCUT2D eigenvalue weighted by atomic mass is 16.7. The number of carboxylic acid groups (broad SMARTS) is 1. The van der Waals surface area contributed by atoms with Gasteiger partial charge in [0, 0.05) is 12.1 Å². The first kappa shape index (κ1) is 18.6. The maximum absolute atomic E-state index is 13.0. The highest BCUT2D eigenvalue weighted by molar-refractivity contribution is 6.09. The SMILES string of the molecule is Cc1ccc(C2=NO[C@@](CC(=O)O)(C(=O)Nc3c(C)cccc3C)C2)cc1. The first-order chi connectivity index (χ1) is 12.8. The lowest BCUT2D eigenvalue weighted by Crippen LogP contribution is -2.45. The van der Waals surface area contributed by atoms with Crippen LogP contribution in [0, 0.1) is 20.8 Å². The Morgan fingerprint density at radius 2 is 1.74 bits per heavy atom. The minimum absolute atomic E-state index is 0.0964. The molecule has 27 heavy (non-hydrogen) atoms. The summed E-state index contributed by atoms with van der Waals surface area (Å²) < 4.78 is 0. The molecule has 1 atom stereocenters. The molecule has 0 saturated carbocycles. The molecular formula is C21H22N2O4. The van der Waals surface area contributed by atoms with E-state index in [0.29, 0.717) is 11.4 Å². The second kappa shape index (κ2) is 7.23. The van der Waals surface area contributed by atoms with Gasteiger partial charge in [-0.25, -0.2) is 0 Å². The van der Waals surface area contributed by atoms with Gasteiger partial charge in [0.15, 0.2) is 0 Å². The number of hydrogen-bond acceptors (Lipinski definition) is 4. The molecule has 2 aromatic carbocycles. The standard InChI is InChI=1S/C21H22N2O4/c1-13-7-9-16(10-8-13)17-11-21(27-23-17,12-18(24)25)20(26)22-19-14(2)5-4-6-15(19)3/h4-10H,11-12H2,1-3H3,(H,22,26)(H,24,25)/t21-/m0/s1. The van der Waals surface area contributed by atoms with Gasteiger partial charge in [0.2, 0.25) is 5.60 Å². The fraction of sp³-hybridized carbons (Fsp3) is 0.286. The van der Waals surface area contributed by atoms with Crippen molar-refractivity contribution in [1.29, 1.82) is 0 Å². The molecule has 0 fully saturated rings. The Balaban J connectivity index is 1.87. The van der Waals surface area contributed by atoms with Gasteiger partial charge in [0.25, 0.3) is 5.91 Å². The minimum atomic E-state index is -1.57. The molecule has 6 nitrogen and oxygen atoms in total. The molecule has 2 aromatic rings. The van der Waals surface area contributed by atoms with Crippen molar-refractivity contribution in [2.45, 2.75) is 39.2 Å². The number of rotatable bonds is 5. The highest BCUT2D eigenvalue weighted by Gasteiger charge is 2.49. The monoisotopic (exact) mass is 366 g/mol. The fourth-order valence-electron chi connectivity index (χ4n) is 3.16. The second-order valence-corrected chi connectivity index (χ2v) is 6.96. The van der Waals surface area contributed by atoms with Crippen LogP contribution in [0.3, 0.4) is 0 Å². The van der Waals surface area contributed by atoms with Crippen LogP contribution < -0.4 is 5.32 Å². The van der Waals surface area contributed by atoms with Crippen molar-refractivity contribution in [1.82, 2.24) is 0 Å². The van der Waals surface area contributed by atoms with Gasteiger partial charge in [-0.3, -0.25) is 9.59 Å². The van der Waals surface area contributed by atoms with Crippen LogP contribution in [0.4, 0.5) is 5.69 Å². The van der Waals surface area contributed by atoms with Gasteiger partial charge in [-0.2, -0.15) is 0 Å². The lowest BCUT2D eigenvalue weighted by atomic mass is 9.89. The first-order valence-electron chi connectivity index (χ1n) is 8.72. The predicted molar refractivity (Wildman–Crippen MR) is 103 cm³/mol. The maximum Gasteiger partial charge on any atom is 0.308 e. The molecule has 2 N–H and O–H groups in total. The van der Waals surface area contributed by atoms with Gasteiger partial charge in [0.05, 0.1) is 12.1 Å². The Morgan fingerprint density at radius 3 is 2.33 bits per heavy atom. The summed E-state index contributed by atoms with van der Waals surface area (Å²) in [7, 11) is 0. The van der Waals surface area contributed by atoms with E-state index in [4.69, 9.17) is 4.84 Å². The molecule has 1 amide bonds. The topological polar surface area (TPSA) is 88.0 Å². The molecule has 0 radical (unpaired) electrons. The predicted octanol–water partition coefficient (Wildman–Crippen LogP) is 3.59. The molecular weight excluding hydrogens is 344 g/mol. The average molecular weight is 366 g/mol. The van der Waals surface area contributed by atoms with Gasteiger partial charge in [-0.15, -0.1) is 0 Å². The van der Waals surface area contributed by atoms with Crippen LogP contribution in [-0.2, 0) is 14.4 Å². The minimum Gasteiger partial charge on any atom is -0.481 e. The van der Waals surface area contributed by atoms with E-state index in [9.17, 15) is 14.7 Å².